The topological polar surface area (TPSA) is 56.3 Å². The first-order valence-corrected chi connectivity index (χ1v) is 11.4. The number of likely N-dealkylation sites (N-methyl/N-ethyl adjacent to an activating group) is 1. The predicted octanol–water partition coefficient (Wildman–Crippen LogP) is 1.78. The summed E-state index contributed by atoms with van der Waals surface area (Å²) < 4.78 is 5.39. The van der Waals surface area contributed by atoms with Crippen LogP contribution in [0, 0.1) is 11.8 Å². The summed E-state index contributed by atoms with van der Waals surface area (Å²) in [4.78, 5) is 33.7. The highest BCUT2D eigenvalue weighted by molar-refractivity contribution is 5.79. The Hall–Kier alpha value is -2.12. The highest BCUT2D eigenvalue weighted by Crippen LogP contribution is 2.21. The van der Waals surface area contributed by atoms with Gasteiger partial charge in [0.05, 0.1) is 20.2 Å². The van der Waals surface area contributed by atoms with E-state index >= 15 is 0 Å². The Bertz CT molecular complexity index is 738. The number of likely N-dealkylation sites (tertiary alicyclic amines) is 1. The number of piperazine rings is 1. The molecule has 0 bridgehead atoms. The first kappa shape index (κ1) is 23.5. The van der Waals surface area contributed by atoms with E-state index in [1.54, 1.807) is 12.0 Å². The highest BCUT2D eigenvalue weighted by atomic mass is 16.5. The molecule has 0 spiro atoms. The molecule has 2 fully saturated rings. The van der Waals surface area contributed by atoms with E-state index in [0.29, 0.717) is 31.5 Å². The summed E-state index contributed by atoms with van der Waals surface area (Å²) in [5, 5.41) is 0. The molecule has 0 aliphatic carbocycles. The van der Waals surface area contributed by atoms with E-state index in [2.05, 4.69) is 23.6 Å². The Kier molecular flexibility index (Phi) is 8.32. The van der Waals surface area contributed by atoms with E-state index in [1.165, 1.54) is 6.42 Å². The van der Waals surface area contributed by atoms with Gasteiger partial charge in [-0.2, -0.15) is 0 Å². The van der Waals surface area contributed by atoms with E-state index in [0.717, 1.165) is 50.6 Å². The Balaban J connectivity index is 1.41. The van der Waals surface area contributed by atoms with Crippen LogP contribution in [0.1, 0.15) is 25.8 Å². The quantitative estimate of drug-likeness (QED) is 0.660. The number of ether oxygens (including phenoxy) is 1. The number of benzene rings is 1. The number of para-hydroxylation sites is 1. The van der Waals surface area contributed by atoms with Crippen LogP contribution in [0.3, 0.4) is 0 Å². The van der Waals surface area contributed by atoms with Crippen molar-refractivity contribution in [2.75, 3.05) is 66.5 Å². The van der Waals surface area contributed by atoms with Crippen LogP contribution >= 0.6 is 0 Å². The number of methoxy groups -OCH3 is 1. The molecule has 2 aliphatic heterocycles. The third-order valence-corrected chi connectivity index (χ3v) is 6.43. The lowest BCUT2D eigenvalue weighted by Gasteiger charge is -2.38. The normalized spacial score (nSPS) is 22.9. The van der Waals surface area contributed by atoms with Gasteiger partial charge in [-0.1, -0.05) is 32.0 Å². The molecule has 0 saturated carbocycles. The average Bonchev–Trinajstić information content (AvgIpc) is 2.74. The van der Waals surface area contributed by atoms with E-state index in [4.69, 9.17) is 4.74 Å². The number of amides is 2. The second-order valence-electron chi connectivity index (χ2n) is 9.36. The number of rotatable bonds is 7. The number of carbonyl (C=O) groups excluding carboxylic acids is 2. The molecular formula is C24H38N4O3. The van der Waals surface area contributed by atoms with Gasteiger partial charge in [0, 0.05) is 58.4 Å². The van der Waals surface area contributed by atoms with E-state index in [1.807, 2.05) is 36.2 Å². The molecule has 2 aliphatic rings. The molecule has 3 rings (SSSR count). The minimum Gasteiger partial charge on any atom is -0.496 e. The second-order valence-corrected chi connectivity index (χ2v) is 9.36. The minimum atomic E-state index is 0.103. The maximum absolute atomic E-state index is 12.7. The fourth-order valence-corrected chi connectivity index (χ4v) is 4.75. The number of hydrogen-bond donors (Lipinski definition) is 0. The van der Waals surface area contributed by atoms with Crippen LogP contribution in [0.2, 0.25) is 0 Å². The zero-order chi connectivity index (χ0) is 22.4. The highest BCUT2D eigenvalue weighted by Gasteiger charge is 2.28. The lowest BCUT2D eigenvalue weighted by molar-refractivity contribution is -0.136. The van der Waals surface area contributed by atoms with Crippen LogP contribution in [0.4, 0.5) is 0 Å². The first-order valence-electron chi connectivity index (χ1n) is 11.4. The SMILES string of the molecule is COc1ccccc1CN(C)C(=O)CN1CCN(CC(=O)N2CC(C)CC(C)C2)CC1. The molecule has 172 valence electrons. The van der Waals surface area contributed by atoms with E-state index in [-0.39, 0.29) is 11.8 Å². The third kappa shape index (κ3) is 6.68. The molecule has 0 radical (unpaired) electrons. The van der Waals surface area contributed by atoms with E-state index < -0.39 is 0 Å². The molecule has 2 atom stereocenters. The number of nitrogens with zero attached hydrogens (tertiary/aromatic N) is 4. The van der Waals surface area contributed by atoms with Crippen LogP contribution < -0.4 is 4.74 Å². The van der Waals surface area contributed by atoms with Crippen LogP contribution in [-0.4, -0.2) is 97.9 Å². The summed E-state index contributed by atoms with van der Waals surface area (Å²) in [7, 11) is 3.49. The van der Waals surface area contributed by atoms with Crippen LogP contribution in [0.15, 0.2) is 24.3 Å². The first-order chi connectivity index (χ1) is 14.9. The van der Waals surface area contributed by atoms with Crippen molar-refractivity contribution in [1.82, 2.24) is 19.6 Å². The van der Waals surface area contributed by atoms with Gasteiger partial charge in [0.25, 0.3) is 0 Å². The Morgan fingerprint density at radius 1 is 1.00 bits per heavy atom. The van der Waals surface area contributed by atoms with Crippen molar-refractivity contribution >= 4 is 11.8 Å². The van der Waals surface area contributed by atoms with Crippen molar-refractivity contribution in [3.05, 3.63) is 29.8 Å². The fraction of sp³-hybridized carbons (Fsp3) is 0.667. The summed E-state index contributed by atoms with van der Waals surface area (Å²) in [6, 6.07) is 7.80. The molecule has 2 heterocycles. The van der Waals surface area contributed by atoms with Gasteiger partial charge in [-0.25, -0.2) is 0 Å². The number of hydrogen-bond acceptors (Lipinski definition) is 5. The van der Waals surface area contributed by atoms with Gasteiger partial charge in [-0.3, -0.25) is 19.4 Å². The van der Waals surface area contributed by atoms with E-state index in [9.17, 15) is 9.59 Å². The molecule has 31 heavy (non-hydrogen) atoms. The molecule has 2 saturated heterocycles. The zero-order valence-electron chi connectivity index (χ0n) is 19.5. The fourth-order valence-electron chi connectivity index (χ4n) is 4.75. The summed E-state index contributed by atoms with van der Waals surface area (Å²) >= 11 is 0. The van der Waals surface area contributed by atoms with Gasteiger partial charge in [0.15, 0.2) is 0 Å². The van der Waals surface area contributed by atoms with Crippen molar-refractivity contribution in [3.8, 4) is 5.75 Å². The molecule has 1 aromatic carbocycles. The molecular weight excluding hydrogens is 392 g/mol. The van der Waals surface area contributed by atoms with Gasteiger partial charge in [0.2, 0.25) is 11.8 Å². The van der Waals surface area contributed by atoms with Crippen LogP contribution in [0.25, 0.3) is 0 Å². The van der Waals surface area contributed by atoms with Gasteiger partial charge in [-0.05, 0) is 24.3 Å². The maximum Gasteiger partial charge on any atom is 0.236 e. The van der Waals surface area contributed by atoms with Crippen molar-refractivity contribution in [1.29, 1.82) is 0 Å². The monoisotopic (exact) mass is 430 g/mol. The van der Waals surface area contributed by atoms with Gasteiger partial charge < -0.3 is 14.5 Å². The summed E-state index contributed by atoms with van der Waals surface area (Å²) in [5.74, 6) is 2.33. The Morgan fingerprint density at radius 3 is 2.19 bits per heavy atom. The average molecular weight is 431 g/mol. The third-order valence-electron chi connectivity index (χ3n) is 6.43. The van der Waals surface area contributed by atoms with Crippen molar-refractivity contribution in [3.63, 3.8) is 0 Å². The van der Waals surface area contributed by atoms with Crippen LogP contribution in [-0.2, 0) is 16.1 Å². The van der Waals surface area contributed by atoms with Crippen molar-refractivity contribution in [2.24, 2.45) is 11.8 Å². The lowest BCUT2D eigenvalue weighted by atomic mass is 9.92. The minimum absolute atomic E-state index is 0.103. The second kappa shape index (κ2) is 11.0. The molecule has 7 heteroatoms. The molecule has 2 amide bonds. The molecule has 1 aromatic rings. The standard InChI is InChI=1S/C24H38N4O3/c1-19-13-20(2)15-28(14-19)24(30)18-27-11-9-26(10-12-27)17-23(29)25(3)16-21-7-5-6-8-22(21)31-4/h5-8,19-20H,9-18H2,1-4H3. The predicted molar refractivity (Wildman–Crippen MR) is 122 cm³/mol. The number of carbonyl (C=O) groups is 2. The van der Waals surface area contributed by atoms with Crippen LogP contribution in [0.5, 0.6) is 5.75 Å². The van der Waals surface area contributed by atoms with Gasteiger partial charge in [-0.15, -0.1) is 0 Å². The molecule has 7 nitrogen and oxygen atoms in total. The molecule has 2 unspecified atom stereocenters. The number of piperidine rings is 1. The zero-order valence-corrected chi connectivity index (χ0v) is 19.5. The summed E-state index contributed by atoms with van der Waals surface area (Å²) in [6.45, 7) is 11.0. The molecule has 0 aromatic heterocycles. The Labute approximate surface area is 186 Å². The van der Waals surface area contributed by atoms with Gasteiger partial charge >= 0.3 is 0 Å². The van der Waals surface area contributed by atoms with Crippen molar-refractivity contribution < 1.29 is 14.3 Å². The van der Waals surface area contributed by atoms with Gasteiger partial charge in [0.1, 0.15) is 5.75 Å². The summed E-state index contributed by atoms with van der Waals surface area (Å²) in [5.41, 5.74) is 1.01. The Morgan fingerprint density at radius 2 is 1.58 bits per heavy atom. The lowest BCUT2D eigenvalue weighted by Crippen LogP contribution is -2.53. The van der Waals surface area contributed by atoms with Crippen molar-refractivity contribution in [2.45, 2.75) is 26.8 Å². The maximum atomic E-state index is 12.7. The largest absolute Gasteiger partial charge is 0.496 e. The molecule has 0 N–H and O–H groups in total. The smallest absolute Gasteiger partial charge is 0.236 e. The summed E-state index contributed by atoms with van der Waals surface area (Å²) in [6.07, 6.45) is 1.21.